The van der Waals surface area contributed by atoms with Crippen molar-refractivity contribution in [2.45, 2.75) is 50.9 Å². The van der Waals surface area contributed by atoms with E-state index in [1.165, 1.54) is 56.8 Å². The minimum Gasteiger partial charge on any atom is -0.346 e. The van der Waals surface area contributed by atoms with Crippen LogP contribution in [-0.2, 0) is 0 Å². The van der Waals surface area contributed by atoms with E-state index in [1.54, 1.807) is 0 Å². The SMILES string of the molecule is Clc1ncnc2[nH]cc(C3CCCCCCC3)c12. The molecule has 1 fully saturated rings. The molecular formula is C14H18ClN3. The number of hydrogen-bond donors (Lipinski definition) is 1. The van der Waals surface area contributed by atoms with E-state index in [1.807, 2.05) is 0 Å². The van der Waals surface area contributed by atoms with Crippen molar-refractivity contribution in [1.29, 1.82) is 0 Å². The Balaban J connectivity index is 1.97. The van der Waals surface area contributed by atoms with Crippen LogP contribution < -0.4 is 0 Å². The van der Waals surface area contributed by atoms with Gasteiger partial charge in [-0.3, -0.25) is 0 Å². The second-order valence-corrected chi connectivity index (χ2v) is 5.53. The maximum Gasteiger partial charge on any atom is 0.142 e. The van der Waals surface area contributed by atoms with Crippen molar-refractivity contribution in [1.82, 2.24) is 15.0 Å². The van der Waals surface area contributed by atoms with Crippen LogP contribution >= 0.6 is 11.6 Å². The molecule has 0 unspecified atom stereocenters. The maximum atomic E-state index is 6.22. The standard InChI is InChI=1S/C14H18ClN3/c15-13-12-11(8-16-14(12)18-9-17-13)10-6-4-2-1-3-5-7-10/h8-10H,1-7H2,(H,16,17,18). The van der Waals surface area contributed by atoms with E-state index in [0.717, 1.165) is 11.0 Å². The molecule has 96 valence electrons. The van der Waals surface area contributed by atoms with Gasteiger partial charge in [0.2, 0.25) is 0 Å². The van der Waals surface area contributed by atoms with Gasteiger partial charge in [0.25, 0.3) is 0 Å². The van der Waals surface area contributed by atoms with Gasteiger partial charge in [0, 0.05) is 6.20 Å². The van der Waals surface area contributed by atoms with Crippen molar-refractivity contribution < 1.29 is 0 Å². The minimum absolute atomic E-state index is 0.582. The molecule has 1 saturated carbocycles. The molecule has 1 aliphatic rings. The molecule has 0 bridgehead atoms. The molecule has 0 radical (unpaired) electrons. The van der Waals surface area contributed by atoms with Gasteiger partial charge >= 0.3 is 0 Å². The lowest BCUT2D eigenvalue weighted by Crippen LogP contribution is -2.02. The monoisotopic (exact) mass is 263 g/mol. The summed E-state index contributed by atoms with van der Waals surface area (Å²) >= 11 is 6.22. The molecular weight excluding hydrogens is 246 g/mol. The lowest BCUT2D eigenvalue weighted by atomic mass is 9.86. The fraction of sp³-hybridized carbons (Fsp3) is 0.571. The molecule has 3 nitrogen and oxygen atoms in total. The number of fused-ring (bicyclic) bond motifs is 1. The normalized spacial score (nSPS) is 18.7. The number of aromatic amines is 1. The number of nitrogens with one attached hydrogen (secondary N) is 1. The predicted octanol–water partition coefficient (Wildman–Crippen LogP) is 4.44. The highest BCUT2D eigenvalue weighted by molar-refractivity contribution is 6.34. The largest absolute Gasteiger partial charge is 0.346 e. The molecule has 1 N–H and O–H groups in total. The average Bonchev–Trinajstić information content (AvgIpc) is 2.74. The van der Waals surface area contributed by atoms with E-state index in [2.05, 4.69) is 21.1 Å². The molecule has 0 saturated heterocycles. The first-order valence-electron chi connectivity index (χ1n) is 6.84. The maximum absolute atomic E-state index is 6.22. The topological polar surface area (TPSA) is 41.6 Å². The molecule has 18 heavy (non-hydrogen) atoms. The molecule has 4 heteroatoms. The third kappa shape index (κ3) is 2.24. The van der Waals surface area contributed by atoms with Crippen LogP contribution in [0.4, 0.5) is 0 Å². The summed E-state index contributed by atoms with van der Waals surface area (Å²) in [5.41, 5.74) is 2.18. The fourth-order valence-corrected chi connectivity index (χ4v) is 3.28. The minimum atomic E-state index is 0.582. The van der Waals surface area contributed by atoms with Crippen LogP contribution in [0, 0.1) is 0 Å². The van der Waals surface area contributed by atoms with Gasteiger partial charge in [0.1, 0.15) is 17.1 Å². The van der Waals surface area contributed by atoms with Crippen LogP contribution in [0.2, 0.25) is 5.15 Å². The summed E-state index contributed by atoms with van der Waals surface area (Å²) in [6.45, 7) is 0. The van der Waals surface area contributed by atoms with Crippen molar-refractivity contribution in [2.24, 2.45) is 0 Å². The molecule has 3 rings (SSSR count). The first-order chi connectivity index (χ1) is 8.86. The Morgan fingerprint density at radius 2 is 1.78 bits per heavy atom. The molecule has 2 aromatic heterocycles. The van der Waals surface area contributed by atoms with Gasteiger partial charge in [-0.05, 0) is 24.3 Å². The third-order valence-electron chi connectivity index (χ3n) is 4.00. The summed E-state index contributed by atoms with van der Waals surface area (Å²) in [4.78, 5) is 11.6. The van der Waals surface area contributed by atoms with E-state index < -0.39 is 0 Å². The number of nitrogens with zero attached hydrogens (tertiary/aromatic N) is 2. The Bertz CT molecular complexity index is 527. The summed E-state index contributed by atoms with van der Waals surface area (Å²) in [5.74, 6) is 0.613. The van der Waals surface area contributed by atoms with Gasteiger partial charge in [-0.1, -0.05) is 43.7 Å². The molecule has 1 aliphatic carbocycles. The number of hydrogen-bond acceptors (Lipinski definition) is 2. The van der Waals surface area contributed by atoms with Crippen LogP contribution in [0.1, 0.15) is 56.4 Å². The third-order valence-corrected chi connectivity index (χ3v) is 4.29. The fourth-order valence-electron chi connectivity index (χ4n) is 3.04. The Hall–Kier alpha value is -1.09. The van der Waals surface area contributed by atoms with Gasteiger partial charge in [-0.2, -0.15) is 0 Å². The summed E-state index contributed by atoms with van der Waals surface area (Å²) in [5, 5.41) is 1.61. The van der Waals surface area contributed by atoms with Crippen molar-refractivity contribution >= 4 is 22.6 Å². The smallest absolute Gasteiger partial charge is 0.142 e. The molecule has 0 atom stereocenters. The zero-order valence-electron chi connectivity index (χ0n) is 10.5. The predicted molar refractivity (Wildman–Crippen MR) is 74.0 cm³/mol. The van der Waals surface area contributed by atoms with E-state index in [4.69, 9.17) is 11.6 Å². The van der Waals surface area contributed by atoms with Crippen LogP contribution in [-0.4, -0.2) is 15.0 Å². The first kappa shape index (κ1) is 12.0. The van der Waals surface area contributed by atoms with Gasteiger partial charge in [0.05, 0.1) is 5.39 Å². The Kier molecular flexibility index (Phi) is 3.50. The Morgan fingerprint density at radius 1 is 1.06 bits per heavy atom. The molecule has 0 aromatic carbocycles. The van der Waals surface area contributed by atoms with E-state index in [9.17, 15) is 0 Å². The van der Waals surface area contributed by atoms with E-state index in [0.29, 0.717) is 11.1 Å². The Labute approximate surface area is 112 Å². The Morgan fingerprint density at radius 3 is 2.56 bits per heavy atom. The molecule has 2 aromatic rings. The van der Waals surface area contributed by atoms with Gasteiger partial charge in [-0.15, -0.1) is 0 Å². The van der Waals surface area contributed by atoms with Crippen molar-refractivity contribution in [3.05, 3.63) is 23.2 Å². The summed E-state index contributed by atoms with van der Waals surface area (Å²) in [6, 6.07) is 0. The van der Waals surface area contributed by atoms with Gasteiger partial charge < -0.3 is 4.98 Å². The lowest BCUT2D eigenvalue weighted by molar-refractivity contribution is 0.457. The highest BCUT2D eigenvalue weighted by atomic mass is 35.5. The summed E-state index contributed by atoms with van der Waals surface area (Å²) in [7, 11) is 0. The van der Waals surface area contributed by atoms with Gasteiger partial charge in [0.15, 0.2) is 0 Å². The highest BCUT2D eigenvalue weighted by Crippen LogP contribution is 2.36. The number of rotatable bonds is 1. The molecule has 0 amide bonds. The van der Waals surface area contributed by atoms with Crippen molar-refractivity contribution in [2.75, 3.05) is 0 Å². The number of halogens is 1. The summed E-state index contributed by atoms with van der Waals surface area (Å²) in [6.07, 6.45) is 12.9. The average molecular weight is 264 g/mol. The van der Waals surface area contributed by atoms with Crippen LogP contribution in [0.3, 0.4) is 0 Å². The van der Waals surface area contributed by atoms with Crippen molar-refractivity contribution in [3.8, 4) is 0 Å². The summed E-state index contributed by atoms with van der Waals surface area (Å²) < 4.78 is 0. The van der Waals surface area contributed by atoms with Crippen LogP contribution in [0.5, 0.6) is 0 Å². The lowest BCUT2D eigenvalue weighted by Gasteiger charge is -2.19. The zero-order valence-corrected chi connectivity index (χ0v) is 11.2. The van der Waals surface area contributed by atoms with Crippen molar-refractivity contribution in [3.63, 3.8) is 0 Å². The van der Waals surface area contributed by atoms with E-state index in [-0.39, 0.29) is 0 Å². The second-order valence-electron chi connectivity index (χ2n) is 5.17. The quantitative estimate of drug-likeness (QED) is 0.773. The van der Waals surface area contributed by atoms with E-state index >= 15 is 0 Å². The molecule has 2 heterocycles. The second kappa shape index (κ2) is 5.27. The van der Waals surface area contributed by atoms with Crippen LogP contribution in [0.15, 0.2) is 12.5 Å². The molecule has 0 spiro atoms. The number of H-pyrrole nitrogens is 1. The van der Waals surface area contributed by atoms with Crippen LogP contribution in [0.25, 0.3) is 11.0 Å². The zero-order chi connectivity index (χ0) is 12.4. The number of aromatic nitrogens is 3. The van der Waals surface area contributed by atoms with Gasteiger partial charge in [-0.25, -0.2) is 9.97 Å². The molecule has 0 aliphatic heterocycles. The highest BCUT2D eigenvalue weighted by Gasteiger charge is 2.19. The first-order valence-corrected chi connectivity index (χ1v) is 7.21.